The predicted molar refractivity (Wildman–Crippen MR) is 98.1 cm³/mol. The molecule has 1 aromatic carbocycles. The van der Waals surface area contributed by atoms with E-state index in [0.29, 0.717) is 13.2 Å². The molecule has 25 heavy (non-hydrogen) atoms. The summed E-state index contributed by atoms with van der Waals surface area (Å²) < 4.78 is 5.78. The third-order valence-corrected chi connectivity index (χ3v) is 4.44. The Balaban J connectivity index is 1.42. The van der Waals surface area contributed by atoms with Gasteiger partial charge in [-0.05, 0) is 31.5 Å². The van der Waals surface area contributed by atoms with Gasteiger partial charge in [-0.2, -0.15) is 0 Å². The number of β-amino-alcohol motifs (C(OH)–C–C–N with tert-alkyl or cyclic N) is 1. The van der Waals surface area contributed by atoms with Crippen molar-refractivity contribution in [2.75, 3.05) is 44.2 Å². The lowest BCUT2D eigenvalue weighted by atomic mass is 10.1. The Morgan fingerprint density at radius 2 is 1.84 bits per heavy atom. The molecule has 1 aromatic heterocycles. The number of hydrogen-bond acceptors (Lipinski definition) is 6. The fraction of sp³-hybridized carbons (Fsp3) is 0.474. The van der Waals surface area contributed by atoms with Crippen molar-refractivity contribution in [3.8, 4) is 5.75 Å². The molecule has 3 rings (SSSR count). The summed E-state index contributed by atoms with van der Waals surface area (Å²) in [6.45, 7) is 8.53. The van der Waals surface area contributed by atoms with Crippen LogP contribution in [0.15, 0.2) is 36.7 Å². The lowest BCUT2D eigenvalue weighted by molar-refractivity contribution is 0.0660. The van der Waals surface area contributed by atoms with Gasteiger partial charge >= 0.3 is 0 Å². The van der Waals surface area contributed by atoms with Gasteiger partial charge in [0.2, 0.25) is 5.95 Å². The Kier molecular flexibility index (Phi) is 5.83. The highest BCUT2D eigenvalue weighted by Gasteiger charge is 2.21. The van der Waals surface area contributed by atoms with Crippen molar-refractivity contribution in [3.05, 3.63) is 47.8 Å². The first kappa shape index (κ1) is 17.6. The van der Waals surface area contributed by atoms with Gasteiger partial charge in [0.25, 0.3) is 0 Å². The van der Waals surface area contributed by atoms with Crippen LogP contribution in [0.4, 0.5) is 5.95 Å². The van der Waals surface area contributed by atoms with Crippen molar-refractivity contribution in [2.24, 2.45) is 0 Å². The molecule has 1 aliphatic rings. The minimum atomic E-state index is -0.500. The van der Waals surface area contributed by atoms with Gasteiger partial charge in [0.15, 0.2) is 0 Å². The van der Waals surface area contributed by atoms with Crippen LogP contribution in [-0.2, 0) is 0 Å². The molecule has 6 heteroatoms. The lowest BCUT2D eigenvalue weighted by Crippen LogP contribution is -2.49. The number of ether oxygens (including phenoxy) is 1. The van der Waals surface area contributed by atoms with Gasteiger partial charge in [-0.25, -0.2) is 9.97 Å². The number of nitrogens with zero attached hydrogens (tertiary/aromatic N) is 4. The molecule has 0 aliphatic carbocycles. The molecule has 0 bridgehead atoms. The Bertz CT molecular complexity index is 672. The summed E-state index contributed by atoms with van der Waals surface area (Å²) in [5, 5.41) is 10.3. The summed E-state index contributed by atoms with van der Waals surface area (Å²) in [7, 11) is 0. The van der Waals surface area contributed by atoms with Crippen LogP contribution < -0.4 is 9.64 Å². The van der Waals surface area contributed by atoms with E-state index in [1.165, 1.54) is 5.56 Å². The number of aliphatic hydroxyl groups is 1. The SMILES string of the molecule is Cc1ccc(OCC(O)CN2CCN(c3ncccn3)CC2)c(C)c1. The van der Waals surface area contributed by atoms with Gasteiger partial charge in [-0.1, -0.05) is 17.7 Å². The number of rotatable bonds is 6. The van der Waals surface area contributed by atoms with E-state index < -0.39 is 6.10 Å². The molecule has 0 amide bonds. The van der Waals surface area contributed by atoms with Gasteiger partial charge in [0.1, 0.15) is 18.5 Å². The average Bonchev–Trinajstić information content (AvgIpc) is 2.62. The summed E-state index contributed by atoms with van der Waals surface area (Å²) >= 11 is 0. The standard InChI is InChI=1S/C19H26N4O2/c1-15-4-5-18(16(2)12-15)25-14-17(24)13-22-8-10-23(11-9-22)19-20-6-3-7-21-19/h3-7,12,17,24H,8-11,13-14H2,1-2H3. The molecule has 1 aliphatic heterocycles. The molecule has 2 heterocycles. The van der Waals surface area contributed by atoms with Crippen molar-refractivity contribution >= 4 is 5.95 Å². The second-order valence-electron chi connectivity index (χ2n) is 6.57. The van der Waals surface area contributed by atoms with E-state index >= 15 is 0 Å². The molecule has 1 unspecified atom stereocenters. The van der Waals surface area contributed by atoms with E-state index in [-0.39, 0.29) is 0 Å². The Hall–Kier alpha value is -2.18. The number of aliphatic hydroxyl groups excluding tert-OH is 1. The minimum absolute atomic E-state index is 0.311. The highest BCUT2D eigenvalue weighted by Crippen LogP contribution is 2.19. The maximum atomic E-state index is 10.3. The maximum Gasteiger partial charge on any atom is 0.225 e. The molecular formula is C19H26N4O2. The Labute approximate surface area is 149 Å². The number of anilines is 1. The topological polar surface area (TPSA) is 61.7 Å². The van der Waals surface area contributed by atoms with E-state index in [9.17, 15) is 5.11 Å². The monoisotopic (exact) mass is 342 g/mol. The molecule has 2 aromatic rings. The normalized spacial score (nSPS) is 16.7. The molecule has 0 radical (unpaired) electrons. The number of aromatic nitrogens is 2. The Morgan fingerprint density at radius 1 is 1.12 bits per heavy atom. The zero-order chi connectivity index (χ0) is 17.6. The molecule has 0 saturated carbocycles. The van der Waals surface area contributed by atoms with E-state index in [1.54, 1.807) is 12.4 Å². The summed E-state index contributed by atoms with van der Waals surface area (Å²) in [4.78, 5) is 13.0. The molecule has 1 N–H and O–H groups in total. The van der Waals surface area contributed by atoms with Crippen LogP contribution in [0.3, 0.4) is 0 Å². The van der Waals surface area contributed by atoms with Gasteiger partial charge in [-0.15, -0.1) is 0 Å². The maximum absolute atomic E-state index is 10.3. The highest BCUT2D eigenvalue weighted by molar-refractivity contribution is 5.35. The minimum Gasteiger partial charge on any atom is -0.491 e. The van der Waals surface area contributed by atoms with Gasteiger partial charge in [-0.3, -0.25) is 4.90 Å². The van der Waals surface area contributed by atoms with Crippen LogP contribution in [0.2, 0.25) is 0 Å². The van der Waals surface area contributed by atoms with E-state index in [2.05, 4.69) is 32.8 Å². The summed E-state index contributed by atoms with van der Waals surface area (Å²) in [5.41, 5.74) is 2.31. The number of aryl methyl sites for hydroxylation is 2. The molecule has 6 nitrogen and oxygen atoms in total. The van der Waals surface area contributed by atoms with E-state index in [4.69, 9.17) is 4.74 Å². The van der Waals surface area contributed by atoms with Gasteiger partial charge in [0, 0.05) is 45.1 Å². The largest absolute Gasteiger partial charge is 0.491 e. The predicted octanol–water partition coefficient (Wildman–Crippen LogP) is 1.66. The molecular weight excluding hydrogens is 316 g/mol. The van der Waals surface area contributed by atoms with Crippen LogP contribution in [0, 0.1) is 13.8 Å². The average molecular weight is 342 g/mol. The van der Waals surface area contributed by atoms with Crippen LogP contribution >= 0.6 is 0 Å². The molecule has 0 spiro atoms. The van der Waals surface area contributed by atoms with E-state index in [1.807, 2.05) is 25.1 Å². The van der Waals surface area contributed by atoms with Crippen LogP contribution in [0.25, 0.3) is 0 Å². The zero-order valence-corrected chi connectivity index (χ0v) is 14.9. The number of hydrogen-bond donors (Lipinski definition) is 1. The molecule has 134 valence electrons. The van der Waals surface area contributed by atoms with Crippen molar-refractivity contribution in [2.45, 2.75) is 20.0 Å². The smallest absolute Gasteiger partial charge is 0.225 e. The second-order valence-corrected chi connectivity index (χ2v) is 6.57. The first-order valence-electron chi connectivity index (χ1n) is 8.74. The van der Waals surface area contributed by atoms with Crippen molar-refractivity contribution in [3.63, 3.8) is 0 Å². The fourth-order valence-corrected chi connectivity index (χ4v) is 3.08. The third kappa shape index (κ3) is 4.90. The van der Waals surface area contributed by atoms with Crippen LogP contribution in [0.5, 0.6) is 5.75 Å². The van der Waals surface area contributed by atoms with Gasteiger partial charge in [0.05, 0.1) is 0 Å². The number of piperazine rings is 1. The Morgan fingerprint density at radius 3 is 2.52 bits per heavy atom. The summed E-state index contributed by atoms with van der Waals surface area (Å²) in [5.74, 6) is 1.62. The molecule has 1 atom stereocenters. The van der Waals surface area contributed by atoms with Crippen LogP contribution in [0.1, 0.15) is 11.1 Å². The quantitative estimate of drug-likeness (QED) is 0.861. The number of benzene rings is 1. The second kappa shape index (κ2) is 8.27. The van der Waals surface area contributed by atoms with Crippen molar-refractivity contribution in [1.82, 2.24) is 14.9 Å². The zero-order valence-electron chi connectivity index (χ0n) is 14.9. The van der Waals surface area contributed by atoms with Gasteiger partial charge < -0.3 is 14.7 Å². The summed E-state index contributed by atoms with van der Waals surface area (Å²) in [6.07, 6.45) is 3.03. The van der Waals surface area contributed by atoms with Crippen LogP contribution in [-0.4, -0.2) is 65.4 Å². The molecule has 1 saturated heterocycles. The third-order valence-electron chi connectivity index (χ3n) is 4.44. The van der Waals surface area contributed by atoms with Crippen molar-refractivity contribution < 1.29 is 9.84 Å². The fourth-order valence-electron chi connectivity index (χ4n) is 3.08. The first-order valence-corrected chi connectivity index (χ1v) is 8.74. The highest BCUT2D eigenvalue weighted by atomic mass is 16.5. The lowest BCUT2D eigenvalue weighted by Gasteiger charge is -2.35. The van der Waals surface area contributed by atoms with Crippen molar-refractivity contribution in [1.29, 1.82) is 0 Å². The first-order chi connectivity index (χ1) is 12.1. The molecule has 1 fully saturated rings. The van der Waals surface area contributed by atoms with E-state index in [0.717, 1.165) is 43.4 Å². The summed E-state index contributed by atoms with van der Waals surface area (Å²) in [6, 6.07) is 7.91.